The fourth-order valence-corrected chi connectivity index (χ4v) is 2.53. The fourth-order valence-electron chi connectivity index (χ4n) is 1.67. The first-order valence-electron chi connectivity index (χ1n) is 5.76. The molecule has 2 aromatic rings. The third-order valence-corrected chi connectivity index (χ3v) is 3.74. The first-order valence-corrected chi connectivity index (χ1v) is 7.31. The van der Waals surface area contributed by atoms with Gasteiger partial charge in [0.1, 0.15) is 10.9 Å². The van der Waals surface area contributed by atoms with E-state index in [9.17, 15) is 0 Å². The molecule has 0 bridgehead atoms. The van der Waals surface area contributed by atoms with Crippen molar-refractivity contribution in [2.24, 2.45) is 0 Å². The zero-order valence-electron chi connectivity index (χ0n) is 10.5. The van der Waals surface area contributed by atoms with Gasteiger partial charge in [0, 0.05) is 0 Å². The van der Waals surface area contributed by atoms with E-state index >= 15 is 0 Å². The van der Waals surface area contributed by atoms with Gasteiger partial charge in [-0.1, -0.05) is 49.2 Å². The van der Waals surface area contributed by atoms with Crippen LogP contribution in [-0.4, -0.2) is 4.98 Å². The van der Waals surface area contributed by atoms with Crippen molar-refractivity contribution in [3.63, 3.8) is 0 Å². The quantitative estimate of drug-likeness (QED) is 0.620. The highest BCUT2D eigenvalue weighted by atomic mass is 79.9. The molecule has 5 heteroatoms. The summed E-state index contributed by atoms with van der Waals surface area (Å²) in [5.41, 5.74) is 1.10. The Morgan fingerprint density at radius 2 is 2.00 bits per heavy atom. The van der Waals surface area contributed by atoms with E-state index in [0.29, 0.717) is 21.8 Å². The number of pyridine rings is 1. The van der Waals surface area contributed by atoms with E-state index in [0.717, 1.165) is 15.8 Å². The second-order valence-electron chi connectivity index (χ2n) is 4.35. The van der Waals surface area contributed by atoms with Crippen LogP contribution in [0.15, 0.2) is 34.9 Å². The summed E-state index contributed by atoms with van der Waals surface area (Å²) in [6.45, 7) is 4.21. The number of nitrogens with zero attached hydrogens (tertiary/aromatic N) is 1. The second-order valence-corrected chi connectivity index (χ2v) is 6.00. The maximum absolute atomic E-state index is 6.10. The molecule has 0 amide bonds. The molecule has 0 aliphatic heterocycles. The van der Waals surface area contributed by atoms with Gasteiger partial charge in [-0.05, 0) is 39.5 Å². The smallest absolute Gasteiger partial charge is 0.164 e. The van der Waals surface area contributed by atoms with Gasteiger partial charge in [0.2, 0.25) is 0 Å². The lowest BCUT2D eigenvalue weighted by Crippen LogP contribution is -1.96. The Kier molecular flexibility index (Phi) is 4.71. The van der Waals surface area contributed by atoms with E-state index in [1.54, 1.807) is 6.07 Å². The molecule has 0 fully saturated rings. The highest BCUT2D eigenvalue weighted by Crippen LogP contribution is 2.39. The van der Waals surface area contributed by atoms with Gasteiger partial charge in [0.05, 0.1) is 15.7 Å². The molecule has 0 unspecified atom stereocenters. The minimum Gasteiger partial charge on any atom is -0.453 e. The van der Waals surface area contributed by atoms with Crippen molar-refractivity contribution < 1.29 is 4.74 Å². The summed E-state index contributed by atoms with van der Waals surface area (Å²) in [5, 5.41) is 0.777. The molecule has 0 atom stereocenters. The van der Waals surface area contributed by atoms with Crippen LogP contribution in [0.2, 0.25) is 10.2 Å². The van der Waals surface area contributed by atoms with Crippen molar-refractivity contribution >= 4 is 39.1 Å². The van der Waals surface area contributed by atoms with E-state index in [1.807, 2.05) is 18.2 Å². The van der Waals surface area contributed by atoms with Crippen LogP contribution in [0.3, 0.4) is 0 Å². The normalized spacial score (nSPS) is 10.8. The number of para-hydroxylation sites is 1. The molecule has 0 radical (unpaired) electrons. The predicted octanol–water partition coefficient (Wildman–Crippen LogP) is 6.07. The zero-order chi connectivity index (χ0) is 14.0. The summed E-state index contributed by atoms with van der Waals surface area (Å²) in [4.78, 5) is 3.98. The predicted molar refractivity (Wildman–Crippen MR) is 82.6 cm³/mol. The Morgan fingerprint density at radius 1 is 1.26 bits per heavy atom. The van der Waals surface area contributed by atoms with Crippen molar-refractivity contribution in [1.29, 1.82) is 0 Å². The average Bonchev–Trinajstić information content (AvgIpc) is 2.34. The number of benzene rings is 1. The molecule has 0 aliphatic rings. The lowest BCUT2D eigenvalue weighted by Gasteiger charge is -2.15. The maximum atomic E-state index is 6.10. The summed E-state index contributed by atoms with van der Waals surface area (Å²) in [7, 11) is 0. The lowest BCUT2D eigenvalue weighted by atomic mass is 10.0. The molecule has 2 rings (SSSR count). The van der Waals surface area contributed by atoms with Gasteiger partial charge in [0.15, 0.2) is 5.75 Å². The summed E-state index contributed by atoms with van der Waals surface area (Å²) < 4.78 is 6.77. The maximum Gasteiger partial charge on any atom is 0.164 e. The lowest BCUT2D eigenvalue weighted by molar-refractivity contribution is 0.468. The van der Waals surface area contributed by atoms with Gasteiger partial charge in [-0.2, -0.15) is 0 Å². The summed E-state index contributed by atoms with van der Waals surface area (Å²) in [5.74, 6) is 1.58. The van der Waals surface area contributed by atoms with Gasteiger partial charge >= 0.3 is 0 Å². The molecule has 100 valence electrons. The first kappa shape index (κ1) is 14.6. The number of hydrogen-bond donors (Lipinski definition) is 0. The molecular weight excluding hydrogens is 349 g/mol. The molecule has 0 saturated heterocycles. The van der Waals surface area contributed by atoms with Gasteiger partial charge in [-0.15, -0.1) is 0 Å². The average molecular weight is 361 g/mol. The standard InChI is InChI=1S/C14H12BrCl2NO/c1-8(2)9-4-3-5-10(15)14(9)19-12-7-18-13(17)6-11(12)16/h3-8H,1-2H3. The second kappa shape index (κ2) is 6.12. The van der Waals surface area contributed by atoms with Crippen LogP contribution in [0.1, 0.15) is 25.3 Å². The Balaban J connectivity index is 2.43. The summed E-state index contributed by atoms with van der Waals surface area (Å²) in [6.07, 6.45) is 1.52. The topological polar surface area (TPSA) is 22.1 Å². The van der Waals surface area contributed by atoms with Crippen LogP contribution in [-0.2, 0) is 0 Å². The number of ether oxygens (including phenoxy) is 1. The third kappa shape index (κ3) is 3.41. The van der Waals surface area contributed by atoms with Crippen molar-refractivity contribution in [2.75, 3.05) is 0 Å². The van der Waals surface area contributed by atoms with Crippen LogP contribution in [0.5, 0.6) is 11.5 Å². The minimum atomic E-state index is 0.339. The van der Waals surface area contributed by atoms with Crippen LogP contribution in [0.25, 0.3) is 0 Å². The minimum absolute atomic E-state index is 0.339. The van der Waals surface area contributed by atoms with E-state index in [-0.39, 0.29) is 0 Å². The van der Waals surface area contributed by atoms with Gasteiger partial charge in [-0.3, -0.25) is 0 Å². The van der Waals surface area contributed by atoms with Crippen LogP contribution in [0.4, 0.5) is 0 Å². The van der Waals surface area contributed by atoms with Crippen molar-refractivity contribution in [3.8, 4) is 11.5 Å². The number of hydrogen-bond acceptors (Lipinski definition) is 2. The SMILES string of the molecule is CC(C)c1cccc(Br)c1Oc1cnc(Cl)cc1Cl. The Labute approximate surface area is 130 Å². The molecule has 0 aliphatic carbocycles. The molecule has 0 spiro atoms. The van der Waals surface area contributed by atoms with E-state index < -0.39 is 0 Å². The largest absolute Gasteiger partial charge is 0.453 e. The summed E-state index contributed by atoms with van der Waals surface area (Å²) >= 11 is 15.4. The third-order valence-electron chi connectivity index (χ3n) is 2.62. The molecular formula is C14H12BrCl2NO. The van der Waals surface area contributed by atoms with E-state index in [4.69, 9.17) is 27.9 Å². The Bertz CT molecular complexity index is 602. The van der Waals surface area contributed by atoms with Crippen LogP contribution >= 0.6 is 39.1 Å². The number of halogens is 3. The van der Waals surface area contributed by atoms with Crippen LogP contribution in [0, 0.1) is 0 Å². The van der Waals surface area contributed by atoms with E-state index in [2.05, 4.69) is 34.8 Å². The first-order chi connectivity index (χ1) is 8.99. The molecule has 2 nitrogen and oxygen atoms in total. The molecule has 0 saturated carbocycles. The molecule has 1 heterocycles. The Hall–Kier alpha value is -0.770. The van der Waals surface area contributed by atoms with Crippen molar-refractivity contribution in [3.05, 3.63) is 50.7 Å². The molecule has 0 N–H and O–H groups in total. The Morgan fingerprint density at radius 3 is 2.63 bits per heavy atom. The van der Waals surface area contributed by atoms with Gasteiger partial charge in [0.25, 0.3) is 0 Å². The van der Waals surface area contributed by atoms with Gasteiger partial charge < -0.3 is 4.74 Å². The number of aromatic nitrogens is 1. The summed E-state index contributed by atoms with van der Waals surface area (Å²) in [6, 6.07) is 7.50. The van der Waals surface area contributed by atoms with E-state index in [1.165, 1.54) is 6.20 Å². The fraction of sp³-hybridized carbons (Fsp3) is 0.214. The molecule has 1 aromatic carbocycles. The number of rotatable bonds is 3. The molecule has 1 aromatic heterocycles. The highest BCUT2D eigenvalue weighted by Gasteiger charge is 2.14. The van der Waals surface area contributed by atoms with Gasteiger partial charge in [-0.25, -0.2) is 4.98 Å². The molecule has 19 heavy (non-hydrogen) atoms. The van der Waals surface area contributed by atoms with Crippen LogP contribution < -0.4 is 4.74 Å². The monoisotopic (exact) mass is 359 g/mol. The zero-order valence-corrected chi connectivity index (χ0v) is 13.6. The van der Waals surface area contributed by atoms with Crippen molar-refractivity contribution in [2.45, 2.75) is 19.8 Å². The van der Waals surface area contributed by atoms with Crippen molar-refractivity contribution in [1.82, 2.24) is 4.98 Å². The highest BCUT2D eigenvalue weighted by molar-refractivity contribution is 9.10.